The molecule has 0 saturated carbocycles. The smallest absolute Gasteiger partial charge is 0.269 e. The van der Waals surface area contributed by atoms with E-state index in [9.17, 15) is 14.9 Å². The average Bonchev–Trinajstić information content (AvgIpc) is 2.88. The number of benzene rings is 1. The largest absolute Gasteiger partial charge is 0.353 e. The van der Waals surface area contributed by atoms with Crippen LogP contribution in [0.15, 0.2) is 41.9 Å². The van der Waals surface area contributed by atoms with Gasteiger partial charge >= 0.3 is 0 Å². The van der Waals surface area contributed by atoms with Gasteiger partial charge < -0.3 is 10.2 Å². The number of fused-ring (bicyclic) bond motifs is 1. The molecule has 0 fully saturated rings. The molecule has 0 amide bonds. The topological polar surface area (TPSA) is 101 Å². The molecule has 1 atom stereocenters. The van der Waals surface area contributed by atoms with E-state index in [0.717, 1.165) is 25.0 Å². The molecule has 0 radical (unpaired) electrons. The highest BCUT2D eigenvalue weighted by Crippen LogP contribution is 2.45. The lowest BCUT2D eigenvalue weighted by Gasteiger charge is -2.34. The Balaban J connectivity index is 1.97. The fraction of sp³-hybridized carbons (Fsp3) is 0.381. The molecule has 1 aliphatic heterocycles. The van der Waals surface area contributed by atoms with Crippen LogP contribution >= 0.6 is 11.6 Å². The zero-order chi connectivity index (χ0) is 21.3. The summed E-state index contributed by atoms with van der Waals surface area (Å²) in [6.45, 7) is 2.71. The number of allylic oxidation sites excluding steroid dienone is 1. The maximum Gasteiger partial charge on any atom is 0.269 e. The summed E-state index contributed by atoms with van der Waals surface area (Å²) in [5.74, 6) is 0.640. The summed E-state index contributed by atoms with van der Waals surface area (Å²) in [6, 6.07) is 6.00. The summed E-state index contributed by atoms with van der Waals surface area (Å²) in [6.07, 6.45) is 5.09. The summed E-state index contributed by atoms with van der Waals surface area (Å²) in [4.78, 5) is 34.7. The molecule has 0 bridgehead atoms. The molecule has 0 saturated heterocycles. The van der Waals surface area contributed by atoms with E-state index in [2.05, 4.69) is 22.2 Å². The van der Waals surface area contributed by atoms with Crippen LogP contribution in [0.2, 0.25) is 5.15 Å². The van der Waals surface area contributed by atoms with Crippen molar-refractivity contribution in [2.75, 3.05) is 16.8 Å². The highest BCUT2D eigenvalue weighted by atomic mass is 35.5. The second-order valence-electron chi connectivity index (χ2n) is 7.46. The highest BCUT2D eigenvalue weighted by molar-refractivity contribution is 6.32. The third kappa shape index (κ3) is 3.63. The Morgan fingerprint density at radius 3 is 2.93 bits per heavy atom. The zero-order valence-corrected chi connectivity index (χ0v) is 17.4. The van der Waals surface area contributed by atoms with Crippen LogP contribution < -0.4 is 10.2 Å². The Morgan fingerprint density at radius 2 is 2.17 bits per heavy atom. The minimum atomic E-state index is -0.487. The molecular weight excluding hydrogens is 406 g/mol. The van der Waals surface area contributed by atoms with Crippen molar-refractivity contribution in [1.82, 2.24) is 9.97 Å². The van der Waals surface area contributed by atoms with E-state index in [1.807, 2.05) is 11.0 Å². The molecule has 1 aliphatic carbocycles. The van der Waals surface area contributed by atoms with Crippen LogP contribution in [0, 0.1) is 10.1 Å². The number of rotatable bonds is 5. The first-order chi connectivity index (χ1) is 14.5. The monoisotopic (exact) mass is 427 g/mol. The number of carbonyl (C=O) groups is 1. The van der Waals surface area contributed by atoms with Gasteiger partial charge in [0, 0.05) is 36.4 Å². The molecule has 1 aromatic carbocycles. The molecule has 1 unspecified atom stereocenters. The number of nitro benzene ring substituents is 1. The first kappa shape index (κ1) is 20.3. The second kappa shape index (κ2) is 8.39. The molecule has 1 aromatic heterocycles. The number of nitrogens with zero attached hydrogens (tertiary/aromatic N) is 4. The van der Waals surface area contributed by atoms with Gasteiger partial charge in [0.25, 0.3) is 5.69 Å². The number of non-ortho nitro benzene ring substituents is 1. The van der Waals surface area contributed by atoms with Gasteiger partial charge in [0.1, 0.15) is 12.0 Å². The molecule has 2 heterocycles. The predicted molar refractivity (Wildman–Crippen MR) is 115 cm³/mol. The number of ketones is 1. The third-order valence-corrected chi connectivity index (χ3v) is 5.81. The number of carbonyl (C=O) groups excluding carboxylic acids is 1. The van der Waals surface area contributed by atoms with Crippen molar-refractivity contribution in [2.24, 2.45) is 0 Å². The fourth-order valence-corrected chi connectivity index (χ4v) is 4.31. The number of unbranched alkanes of at least 4 members (excludes halogenated alkanes) is 1. The van der Waals surface area contributed by atoms with Gasteiger partial charge in [-0.3, -0.25) is 14.9 Å². The number of aromatic nitrogens is 2. The van der Waals surface area contributed by atoms with Crippen LogP contribution in [0.5, 0.6) is 0 Å². The van der Waals surface area contributed by atoms with Crippen molar-refractivity contribution in [3.8, 4) is 0 Å². The maximum atomic E-state index is 13.1. The molecule has 30 heavy (non-hydrogen) atoms. The normalized spacial score (nSPS) is 18.4. The minimum absolute atomic E-state index is 0.00787. The quantitative estimate of drug-likeness (QED) is 0.414. The molecule has 156 valence electrons. The Kier molecular flexibility index (Phi) is 5.67. The van der Waals surface area contributed by atoms with Gasteiger partial charge in [-0.15, -0.1) is 0 Å². The van der Waals surface area contributed by atoms with Gasteiger partial charge in [-0.25, -0.2) is 9.97 Å². The number of nitro groups is 1. The van der Waals surface area contributed by atoms with Crippen LogP contribution in [-0.2, 0) is 4.79 Å². The average molecular weight is 428 g/mol. The predicted octanol–water partition coefficient (Wildman–Crippen LogP) is 4.82. The van der Waals surface area contributed by atoms with E-state index < -0.39 is 11.0 Å². The lowest BCUT2D eigenvalue weighted by molar-refractivity contribution is -0.384. The lowest BCUT2D eigenvalue weighted by atomic mass is 9.85. The maximum absolute atomic E-state index is 13.1. The van der Waals surface area contributed by atoms with Crippen molar-refractivity contribution >= 4 is 34.6 Å². The number of hydrogen-bond donors (Lipinski definition) is 1. The molecule has 1 N–H and O–H groups in total. The first-order valence-corrected chi connectivity index (χ1v) is 10.4. The van der Waals surface area contributed by atoms with Crippen LogP contribution in [0.3, 0.4) is 0 Å². The van der Waals surface area contributed by atoms with E-state index in [1.54, 1.807) is 12.1 Å². The number of hydrogen-bond acceptors (Lipinski definition) is 7. The summed E-state index contributed by atoms with van der Waals surface area (Å²) in [7, 11) is 0. The van der Waals surface area contributed by atoms with Crippen molar-refractivity contribution in [3.63, 3.8) is 0 Å². The Morgan fingerprint density at radius 1 is 1.33 bits per heavy atom. The molecular formula is C21H22ClN5O3. The zero-order valence-electron chi connectivity index (χ0n) is 16.6. The van der Waals surface area contributed by atoms with Crippen LogP contribution in [0.1, 0.15) is 50.6 Å². The van der Waals surface area contributed by atoms with Crippen molar-refractivity contribution in [3.05, 3.63) is 62.7 Å². The fourth-order valence-electron chi connectivity index (χ4n) is 4.14. The summed E-state index contributed by atoms with van der Waals surface area (Å²) >= 11 is 6.41. The van der Waals surface area contributed by atoms with Gasteiger partial charge in [-0.05, 0) is 24.8 Å². The Hall–Kier alpha value is -3.00. The lowest BCUT2D eigenvalue weighted by Crippen LogP contribution is -2.34. The van der Waals surface area contributed by atoms with Gasteiger partial charge in [0.15, 0.2) is 16.8 Å². The highest BCUT2D eigenvalue weighted by Gasteiger charge is 2.38. The summed E-state index contributed by atoms with van der Waals surface area (Å²) in [5, 5.41) is 15.0. The standard InChI is InChI=1S/C21H22ClN5O3/c1-2-3-10-26-19(13-6-4-7-14(11-13)27(29)30)17-15(8-5-9-16(17)28)25-18-20(22)23-12-24-21(18)26/h4,6-7,11-12,19,25H,2-3,5,8-10H2,1H3. The van der Waals surface area contributed by atoms with Gasteiger partial charge in [0.2, 0.25) is 0 Å². The Labute approximate surface area is 179 Å². The van der Waals surface area contributed by atoms with Gasteiger partial charge in [-0.2, -0.15) is 0 Å². The summed E-state index contributed by atoms with van der Waals surface area (Å²) in [5.41, 5.74) is 2.68. The van der Waals surface area contributed by atoms with E-state index >= 15 is 0 Å². The molecule has 9 heteroatoms. The number of anilines is 2. The van der Waals surface area contributed by atoms with Gasteiger partial charge in [0.05, 0.1) is 11.0 Å². The van der Waals surface area contributed by atoms with Crippen molar-refractivity contribution < 1.29 is 9.72 Å². The van der Waals surface area contributed by atoms with Gasteiger partial charge in [-0.1, -0.05) is 37.1 Å². The van der Waals surface area contributed by atoms with Crippen LogP contribution in [0.4, 0.5) is 17.2 Å². The Bertz CT molecular complexity index is 1040. The van der Waals surface area contributed by atoms with E-state index in [0.29, 0.717) is 42.0 Å². The first-order valence-electron chi connectivity index (χ1n) is 10.1. The molecule has 2 aromatic rings. The molecule has 8 nitrogen and oxygen atoms in total. The molecule has 2 aliphatic rings. The SMILES string of the molecule is CCCCN1c2ncnc(Cl)c2NC2=C(C(=O)CCC2)C1c1cccc([N+](=O)[O-])c1. The van der Waals surface area contributed by atoms with E-state index in [1.165, 1.54) is 12.4 Å². The van der Waals surface area contributed by atoms with E-state index in [4.69, 9.17) is 11.6 Å². The third-order valence-electron chi connectivity index (χ3n) is 5.52. The molecule has 4 rings (SSSR count). The van der Waals surface area contributed by atoms with Crippen LogP contribution in [-0.4, -0.2) is 27.2 Å². The number of nitrogens with one attached hydrogen (secondary N) is 1. The number of Topliss-reactive ketones (excluding diaryl/α,β-unsaturated/α-hetero) is 1. The second-order valence-corrected chi connectivity index (χ2v) is 7.82. The minimum Gasteiger partial charge on any atom is -0.353 e. The molecule has 0 spiro atoms. The number of halogens is 1. The summed E-state index contributed by atoms with van der Waals surface area (Å²) < 4.78 is 0. The van der Waals surface area contributed by atoms with Crippen LogP contribution in [0.25, 0.3) is 0 Å². The van der Waals surface area contributed by atoms with Crippen molar-refractivity contribution in [1.29, 1.82) is 0 Å². The van der Waals surface area contributed by atoms with Crippen molar-refractivity contribution in [2.45, 2.75) is 45.1 Å². The van der Waals surface area contributed by atoms with E-state index in [-0.39, 0.29) is 16.6 Å².